The largest absolute Gasteiger partial charge is 0.314 e. The van der Waals surface area contributed by atoms with Crippen LogP contribution in [0, 0.1) is 5.92 Å². The van der Waals surface area contributed by atoms with E-state index in [4.69, 9.17) is 0 Å². The molecule has 0 atom stereocenters. The highest BCUT2D eigenvalue weighted by molar-refractivity contribution is 4.91. The monoisotopic (exact) mass is 293 g/mol. The molecule has 5 heteroatoms. The van der Waals surface area contributed by atoms with Gasteiger partial charge in [0.1, 0.15) is 0 Å². The Balaban J connectivity index is 1.64. The lowest BCUT2D eigenvalue weighted by Crippen LogP contribution is -2.35. The maximum absolute atomic E-state index is 4.23. The molecule has 120 valence electrons. The van der Waals surface area contributed by atoms with Crippen LogP contribution < -0.4 is 5.32 Å². The molecule has 1 aliphatic rings. The van der Waals surface area contributed by atoms with Crippen molar-refractivity contribution < 1.29 is 0 Å². The molecule has 21 heavy (non-hydrogen) atoms. The van der Waals surface area contributed by atoms with Crippen LogP contribution in [0.5, 0.6) is 0 Å². The van der Waals surface area contributed by atoms with E-state index in [1.54, 1.807) is 0 Å². The van der Waals surface area contributed by atoms with E-state index in [1.807, 2.05) is 11.7 Å². The van der Waals surface area contributed by atoms with E-state index in [2.05, 4.69) is 33.6 Å². The quantitative estimate of drug-likeness (QED) is 0.710. The number of nitrogens with one attached hydrogen (secondary N) is 1. The van der Waals surface area contributed by atoms with Gasteiger partial charge >= 0.3 is 0 Å². The molecule has 0 bridgehead atoms. The van der Waals surface area contributed by atoms with Crippen molar-refractivity contribution in [2.75, 3.05) is 26.7 Å². The molecule has 1 aromatic rings. The number of piperidine rings is 1. The fourth-order valence-corrected chi connectivity index (χ4v) is 3.11. The number of nitrogens with zero attached hydrogens (tertiary/aromatic N) is 4. The third-order valence-electron chi connectivity index (χ3n) is 4.42. The second-order valence-electron chi connectivity index (χ2n) is 6.31. The first-order valence-corrected chi connectivity index (χ1v) is 8.57. The summed E-state index contributed by atoms with van der Waals surface area (Å²) in [6.07, 6.45) is 10.2. The molecule has 2 heterocycles. The predicted octanol–water partition coefficient (Wildman–Crippen LogP) is 2.29. The van der Waals surface area contributed by atoms with E-state index < -0.39 is 0 Å². The van der Waals surface area contributed by atoms with E-state index in [0.29, 0.717) is 0 Å². The van der Waals surface area contributed by atoms with Gasteiger partial charge in [0.05, 0.1) is 5.69 Å². The Morgan fingerprint density at radius 1 is 1.24 bits per heavy atom. The molecule has 0 spiro atoms. The molecule has 0 unspecified atom stereocenters. The minimum atomic E-state index is 0.765. The van der Waals surface area contributed by atoms with Crippen LogP contribution in [0.15, 0.2) is 6.20 Å². The summed E-state index contributed by atoms with van der Waals surface area (Å²) in [7, 11) is 1.94. The highest BCUT2D eigenvalue weighted by atomic mass is 15.4. The molecule has 1 saturated heterocycles. The van der Waals surface area contributed by atoms with Gasteiger partial charge < -0.3 is 10.2 Å². The first-order valence-electron chi connectivity index (χ1n) is 8.57. The summed E-state index contributed by atoms with van der Waals surface area (Å²) in [5, 5.41) is 11.5. The minimum absolute atomic E-state index is 0.765. The predicted molar refractivity (Wildman–Crippen MR) is 86.1 cm³/mol. The zero-order valence-electron chi connectivity index (χ0n) is 13.7. The number of rotatable bonds is 9. The third kappa shape index (κ3) is 5.75. The van der Waals surface area contributed by atoms with Gasteiger partial charge in [0, 0.05) is 19.3 Å². The van der Waals surface area contributed by atoms with Crippen molar-refractivity contribution in [1.82, 2.24) is 25.2 Å². The molecule has 0 aliphatic carbocycles. The molecule has 1 N–H and O–H groups in total. The number of likely N-dealkylation sites (tertiary alicyclic amines) is 1. The Morgan fingerprint density at radius 3 is 2.76 bits per heavy atom. The second-order valence-corrected chi connectivity index (χ2v) is 6.31. The van der Waals surface area contributed by atoms with Crippen molar-refractivity contribution in [3.63, 3.8) is 0 Å². The number of aromatic nitrogens is 3. The molecule has 0 amide bonds. The molecule has 0 radical (unpaired) electrons. The Labute approximate surface area is 129 Å². The Morgan fingerprint density at radius 2 is 2.05 bits per heavy atom. The third-order valence-corrected chi connectivity index (χ3v) is 4.42. The summed E-state index contributed by atoms with van der Waals surface area (Å²) in [5.74, 6) is 0.765. The van der Waals surface area contributed by atoms with Crippen LogP contribution in [0.1, 0.15) is 51.1 Å². The van der Waals surface area contributed by atoms with Gasteiger partial charge in [-0.2, -0.15) is 0 Å². The summed E-state index contributed by atoms with van der Waals surface area (Å²) in [6.45, 7) is 7.92. The van der Waals surface area contributed by atoms with Gasteiger partial charge in [-0.25, -0.2) is 0 Å². The van der Waals surface area contributed by atoms with Gasteiger partial charge in [0.25, 0.3) is 0 Å². The van der Waals surface area contributed by atoms with Crippen LogP contribution in [0.4, 0.5) is 0 Å². The molecular formula is C16H31N5. The number of hydrogen-bond donors (Lipinski definition) is 1. The Kier molecular flexibility index (Phi) is 7.16. The molecular weight excluding hydrogens is 262 g/mol. The van der Waals surface area contributed by atoms with E-state index in [-0.39, 0.29) is 0 Å². The van der Waals surface area contributed by atoms with Crippen LogP contribution in [0.3, 0.4) is 0 Å². The Bertz CT molecular complexity index is 382. The second kappa shape index (κ2) is 9.15. The summed E-state index contributed by atoms with van der Waals surface area (Å²) in [4.78, 5) is 2.64. The normalized spacial score (nSPS) is 17.4. The molecule has 0 aromatic carbocycles. The molecule has 0 saturated carbocycles. The van der Waals surface area contributed by atoms with Crippen molar-refractivity contribution in [1.29, 1.82) is 0 Å². The number of unbranched alkanes of at least 4 members (excludes halogenated alkanes) is 3. The van der Waals surface area contributed by atoms with E-state index in [9.17, 15) is 0 Å². The maximum Gasteiger partial charge on any atom is 0.0964 e. The summed E-state index contributed by atoms with van der Waals surface area (Å²) in [6, 6.07) is 0. The zero-order valence-corrected chi connectivity index (χ0v) is 13.7. The van der Waals surface area contributed by atoms with Gasteiger partial charge in [0.15, 0.2) is 0 Å². The van der Waals surface area contributed by atoms with Gasteiger partial charge in [-0.3, -0.25) is 4.68 Å². The van der Waals surface area contributed by atoms with E-state index >= 15 is 0 Å². The zero-order chi connectivity index (χ0) is 14.9. The van der Waals surface area contributed by atoms with Crippen LogP contribution in [-0.2, 0) is 13.1 Å². The van der Waals surface area contributed by atoms with E-state index in [0.717, 1.165) is 24.7 Å². The summed E-state index contributed by atoms with van der Waals surface area (Å²) >= 11 is 0. The van der Waals surface area contributed by atoms with E-state index in [1.165, 1.54) is 58.2 Å². The molecule has 2 rings (SSSR count). The lowest BCUT2D eigenvalue weighted by molar-refractivity contribution is 0.168. The molecule has 1 fully saturated rings. The standard InChI is InChI=1S/C16H31N5/c1-3-4-5-6-9-20-10-7-15(8-11-20)13-21-14-16(12-17-2)18-19-21/h14-15,17H,3-13H2,1-2H3. The average Bonchev–Trinajstić information content (AvgIpc) is 2.93. The van der Waals surface area contributed by atoms with Crippen LogP contribution in [0.2, 0.25) is 0 Å². The summed E-state index contributed by atoms with van der Waals surface area (Å²) < 4.78 is 2.02. The van der Waals surface area contributed by atoms with Crippen LogP contribution in [0.25, 0.3) is 0 Å². The fourth-order valence-electron chi connectivity index (χ4n) is 3.11. The highest BCUT2D eigenvalue weighted by Gasteiger charge is 2.19. The van der Waals surface area contributed by atoms with Gasteiger partial charge in [-0.15, -0.1) is 5.10 Å². The lowest BCUT2D eigenvalue weighted by Gasteiger charge is -2.31. The average molecular weight is 293 g/mol. The number of hydrogen-bond acceptors (Lipinski definition) is 4. The SMILES string of the molecule is CCCCCCN1CCC(Cn2cc(CNC)nn2)CC1. The molecule has 1 aliphatic heterocycles. The fraction of sp³-hybridized carbons (Fsp3) is 0.875. The maximum atomic E-state index is 4.23. The first kappa shape index (κ1) is 16.4. The summed E-state index contributed by atoms with van der Waals surface area (Å²) in [5.41, 5.74) is 1.03. The lowest BCUT2D eigenvalue weighted by atomic mass is 9.96. The highest BCUT2D eigenvalue weighted by Crippen LogP contribution is 2.19. The van der Waals surface area contributed by atoms with Crippen molar-refractivity contribution in [3.05, 3.63) is 11.9 Å². The minimum Gasteiger partial charge on any atom is -0.314 e. The molecule has 5 nitrogen and oxygen atoms in total. The van der Waals surface area contributed by atoms with Crippen molar-refractivity contribution in [3.8, 4) is 0 Å². The smallest absolute Gasteiger partial charge is 0.0964 e. The van der Waals surface area contributed by atoms with Crippen LogP contribution >= 0.6 is 0 Å². The van der Waals surface area contributed by atoms with Crippen LogP contribution in [-0.4, -0.2) is 46.6 Å². The van der Waals surface area contributed by atoms with Gasteiger partial charge in [-0.1, -0.05) is 31.4 Å². The van der Waals surface area contributed by atoms with Gasteiger partial charge in [0.2, 0.25) is 0 Å². The molecule has 1 aromatic heterocycles. The van der Waals surface area contributed by atoms with Gasteiger partial charge in [-0.05, 0) is 51.9 Å². The topological polar surface area (TPSA) is 46.0 Å². The van der Waals surface area contributed by atoms with Crippen molar-refractivity contribution >= 4 is 0 Å². The Hall–Kier alpha value is -0.940. The van der Waals surface area contributed by atoms with Crippen molar-refractivity contribution in [2.45, 2.75) is 58.5 Å². The van der Waals surface area contributed by atoms with Crippen molar-refractivity contribution in [2.24, 2.45) is 5.92 Å². The first-order chi connectivity index (χ1) is 10.3.